The Morgan fingerprint density at radius 3 is 2.32 bits per heavy atom. The van der Waals surface area contributed by atoms with Crippen LogP contribution in [0.15, 0.2) is 48.5 Å². The molecule has 0 N–H and O–H groups in total. The fourth-order valence-electron chi connectivity index (χ4n) is 3.32. The molecular formula is C20H17Cl2NO2. The van der Waals surface area contributed by atoms with Crippen molar-refractivity contribution in [3.8, 4) is 0 Å². The van der Waals surface area contributed by atoms with Crippen LogP contribution in [0.2, 0.25) is 10.0 Å². The Morgan fingerprint density at radius 1 is 1.00 bits per heavy atom. The molecule has 2 aromatic carbocycles. The van der Waals surface area contributed by atoms with Crippen LogP contribution in [-0.2, 0) is 9.59 Å². The molecule has 3 rings (SSSR count). The number of allylic oxidation sites excluding steroid dienone is 1. The van der Waals surface area contributed by atoms with Gasteiger partial charge >= 0.3 is 0 Å². The number of nitrogens with zero attached hydrogens (tertiary/aromatic N) is 1. The van der Waals surface area contributed by atoms with Crippen LogP contribution in [0.5, 0.6) is 0 Å². The van der Waals surface area contributed by atoms with Crippen molar-refractivity contribution in [1.29, 1.82) is 0 Å². The molecule has 0 unspecified atom stereocenters. The van der Waals surface area contributed by atoms with E-state index in [-0.39, 0.29) is 17.7 Å². The average molecular weight is 374 g/mol. The molecule has 0 bridgehead atoms. The Hall–Kier alpha value is -2.10. The molecule has 0 saturated heterocycles. The van der Waals surface area contributed by atoms with Crippen molar-refractivity contribution in [2.45, 2.75) is 26.2 Å². The molecule has 3 nitrogen and oxygen atoms in total. The first-order valence-corrected chi connectivity index (χ1v) is 8.71. The summed E-state index contributed by atoms with van der Waals surface area (Å²) < 4.78 is 0. The van der Waals surface area contributed by atoms with Gasteiger partial charge in [0.1, 0.15) is 0 Å². The summed E-state index contributed by atoms with van der Waals surface area (Å²) in [7, 11) is 0. The van der Waals surface area contributed by atoms with Gasteiger partial charge in [0.05, 0.1) is 15.7 Å². The van der Waals surface area contributed by atoms with Gasteiger partial charge in [-0.05, 0) is 29.7 Å². The second kappa shape index (κ2) is 7.03. The van der Waals surface area contributed by atoms with Crippen LogP contribution in [0.1, 0.15) is 42.9 Å². The minimum absolute atomic E-state index is 0.0930. The second-order valence-electron chi connectivity index (χ2n) is 6.01. The zero-order valence-electron chi connectivity index (χ0n) is 13.9. The lowest BCUT2D eigenvalue weighted by Crippen LogP contribution is -2.33. The fraction of sp³-hybridized carbons (Fsp3) is 0.200. The van der Waals surface area contributed by atoms with Gasteiger partial charge in [-0.2, -0.15) is 0 Å². The Morgan fingerprint density at radius 2 is 1.68 bits per heavy atom. The first-order valence-electron chi connectivity index (χ1n) is 7.95. The van der Waals surface area contributed by atoms with E-state index in [0.717, 1.165) is 16.7 Å². The standard InChI is InChI=1S/C20H17Cl2NO2/c1-12(24)23(13(2)25)20-10-8-15(16-5-3-4-6-17(16)20)14-7-9-18(21)19(22)11-14/h3-7,9-11,15H,8H2,1-2H3/t15-/m0/s1. The van der Waals surface area contributed by atoms with E-state index in [1.807, 2.05) is 42.5 Å². The van der Waals surface area contributed by atoms with Crippen LogP contribution in [0.25, 0.3) is 5.70 Å². The highest BCUT2D eigenvalue weighted by atomic mass is 35.5. The largest absolute Gasteiger partial charge is 0.274 e. The number of hydrogen-bond donors (Lipinski definition) is 0. The predicted octanol–water partition coefficient (Wildman–Crippen LogP) is 5.26. The summed E-state index contributed by atoms with van der Waals surface area (Å²) in [5.74, 6) is -0.487. The minimum atomic E-state index is -0.290. The molecule has 128 valence electrons. The molecule has 5 heteroatoms. The van der Waals surface area contributed by atoms with E-state index < -0.39 is 0 Å². The first-order chi connectivity index (χ1) is 11.9. The van der Waals surface area contributed by atoms with E-state index in [0.29, 0.717) is 22.2 Å². The molecule has 2 aromatic rings. The zero-order chi connectivity index (χ0) is 18.1. The van der Waals surface area contributed by atoms with E-state index in [1.165, 1.54) is 18.7 Å². The van der Waals surface area contributed by atoms with Crippen molar-refractivity contribution in [3.05, 3.63) is 75.3 Å². The predicted molar refractivity (Wildman–Crippen MR) is 101 cm³/mol. The number of hydrogen-bond acceptors (Lipinski definition) is 2. The quantitative estimate of drug-likeness (QED) is 0.719. The van der Waals surface area contributed by atoms with E-state index >= 15 is 0 Å². The topological polar surface area (TPSA) is 37.4 Å². The SMILES string of the molecule is CC(=O)N(C(C)=O)C1=CC[C@@H](c2ccc(Cl)c(Cl)c2)c2ccccc21. The molecule has 0 fully saturated rings. The molecular weight excluding hydrogens is 357 g/mol. The normalized spacial score (nSPS) is 16.0. The molecule has 1 aliphatic rings. The van der Waals surface area contributed by atoms with Gasteiger partial charge in [-0.15, -0.1) is 0 Å². The van der Waals surface area contributed by atoms with Crippen molar-refractivity contribution < 1.29 is 9.59 Å². The van der Waals surface area contributed by atoms with E-state index in [9.17, 15) is 9.59 Å². The third-order valence-corrected chi connectivity index (χ3v) is 5.11. The number of benzene rings is 2. The monoisotopic (exact) mass is 373 g/mol. The van der Waals surface area contributed by atoms with Gasteiger partial charge in [0, 0.05) is 25.3 Å². The lowest BCUT2D eigenvalue weighted by atomic mass is 9.80. The zero-order valence-corrected chi connectivity index (χ0v) is 15.4. The molecule has 1 aliphatic carbocycles. The molecule has 0 spiro atoms. The number of carbonyl (C=O) groups is 2. The van der Waals surface area contributed by atoms with E-state index in [1.54, 1.807) is 6.07 Å². The minimum Gasteiger partial charge on any atom is -0.274 e. The maximum absolute atomic E-state index is 12.0. The third-order valence-electron chi connectivity index (χ3n) is 4.38. The molecule has 0 heterocycles. The Labute approximate surface area is 156 Å². The number of fused-ring (bicyclic) bond motifs is 1. The third kappa shape index (κ3) is 3.35. The van der Waals surface area contributed by atoms with Crippen molar-refractivity contribution in [3.63, 3.8) is 0 Å². The second-order valence-corrected chi connectivity index (χ2v) is 6.83. The summed E-state index contributed by atoms with van der Waals surface area (Å²) in [5.41, 5.74) is 3.64. The van der Waals surface area contributed by atoms with Crippen LogP contribution >= 0.6 is 23.2 Å². The molecule has 0 saturated carbocycles. The molecule has 0 radical (unpaired) electrons. The van der Waals surface area contributed by atoms with Crippen molar-refractivity contribution >= 4 is 40.7 Å². The Kier molecular flexibility index (Phi) is 4.98. The maximum Gasteiger partial charge on any atom is 0.230 e. The number of amides is 2. The summed E-state index contributed by atoms with van der Waals surface area (Å²) in [6, 6.07) is 13.4. The number of imide groups is 1. The average Bonchev–Trinajstić information content (AvgIpc) is 2.57. The summed E-state index contributed by atoms with van der Waals surface area (Å²) in [5, 5.41) is 1.03. The Balaban J connectivity index is 2.10. The highest BCUT2D eigenvalue weighted by Gasteiger charge is 2.29. The highest BCUT2D eigenvalue weighted by molar-refractivity contribution is 6.42. The van der Waals surface area contributed by atoms with Crippen LogP contribution in [0, 0.1) is 0 Å². The van der Waals surface area contributed by atoms with Crippen molar-refractivity contribution in [2.75, 3.05) is 0 Å². The number of rotatable bonds is 2. The van der Waals surface area contributed by atoms with Crippen molar-refractivity contribution in [1.82, 2.24) is 4.90 Å². The summed E-state index contributed by atoms with van der Waals surface area (Å²) in [4.78, 5) is 25.1. The highest BCUT2D eigenvalue weighted by Crippen LogP contribution is 2.41. The summed E-state index contributed by atoms with van der Waals surface area (Å²) >= 11 is 12.2. The van der Waals surface area contributed by atoms with Gasteiger partial charge in [0.2, 0.25) is 11.8 Å². The number of carbonyl (C=O) groups excluding carboxylic acids is 2. The lowest BCUT2D eigenvalue weighted by molar-refractivity contribution is -0.137. The van der Waals surface area contributed by atoms with Crippen LogP contribution in [-0.4, -0.2) is 16.7 Å². The fourth-order valence-corrected chi connectivity index (χ4v) is 3.62. The van der Waals surface area contributed by atoms with Crippen LogP contribution < -0.4 is 0 Å². The van der Waals surface area contributed by atoms with Gasteiger partial charge in [-0.25, -0.2) is 0 Å². The number of halogens is 2. The molecule has 25 heavy (non-hydrogen) atoms. The van der Waals surface area contributed by atoms with Gasteiger partial charge in [0.25, 0.3) is 0 Å². The molecule has 0 aliphatic heterocycles. The smallest absolute Gasteiger partial charge is 0.230 e. The summed E-state index contributed by atoms with van der Waals surface area (Å²) in [6.07, 6.45) is 2.61. The van der Waals surface area contributed by atoms with Crippen LogP contribution in [0.3, 0.4) is 0 Å². The van der Waals surface area contributed by atoms with Gasteiger partial charge in [-0.1, -0.05) is 59.6 Å². The maximum atomic E-state index is 12.0. The van der Waals surface area contributed by atoms with Gasteiger partial charge < -0.3 is 0 Å². The van der Waals surface area contributed by atoms with Crippen LogP contribution in [0.4, 0.5) is 0 Å². The molecule has 2 amide bonds. The lowest BCUT2D eigenvalue weighted by Gasteiger charge is -2.30. The van der Waals surface area contributed by atoms with E-state index in [2.05, 4.69) is 0 Å². The first kappa shape index (κ1) is 17.7. The van der Waals surface area contributed by atoms with E-state index in [4.69, 9.17) is 23.2 Å². The van der Waals surface area contributed by atoms with Gasteiger partial charge in [-0.3, -0.25) is 14.5 Å². The Bertz CT molecular complexity index is 875. The summed E-state index contributed by atoms with van der Waals surface area (Å²) in [6.45, 7) is 2.80. The molecule has 0 aromatic heterocycles. The van der Waals surface area contributed by atoms with Gasteiger partial charge in [0.15, 0.2) is 0 Å². The van der Waals surface area contributed by atoms with Crippen molar-refractivity contribution in [2.24, 2.45) is 0 Å². The molecule has 1 atom stereocenters.